The van der Waals surface area contributed by atoms with E-state index in [2.05, 4.69) is 4.74 Å². The molecule has 18 heavy (non-hydrogen) atoms. The molecule has 0 saturated carbocycles. The molecule has 0 aromatic heterocycles. The molecule has 1 aromatic rings. The third-order valence-electron chi connectivity index (χ3n) is 2.37. The molecule has 0 aliphatic heterocycles. The molecule has 0 spiro atoms. The fraction of sp³-hybridized carbons (Fsp3) is 0.385. The number of carbonyl (C=O) groups is 2. The predicted molar refractivity (Wildman–Crippen MR) is 65.4 cm³/mol. The van der Waals surface area contributed by atoms with Crippen molar-refractivity contribution in [3.8, 4) is 11.5 Å². The van der Waals surface area contributed by atoms with E-state index >= 15 is 0 Å². The Hall–Kier alpha value is -1.88. The molecule has 5 nitrogen and oxygen atoms in total. The van der Waals surface area contributed by atoms with Gasteiger partial charge in [0.2, 0.25) is 0 Å². The number of carbonyl (C=O) groups excluding carboxylic acids is 2. The van der Waals surface area contributed by atoms with Crippen LogP contribution < -0.4 is 9.47 Å². The minimum absolute atomic E-state index is 0.0653. The molecule has 1 aromatic carbocycles. The van der Waals surface area contributed by atoms with E-state index in [1.54, 1.807) is 18.2 Å². The molecule has 5 heteroatoms. The Morgan fingerprint density at radius 2 is 1.83 bits per heavy atom. The summed E-state index contributed by atoms with van der Waals surface area (Å²) in [6.45, 7) is -0.0653. The summed E-state index contributed by atoms with van der Waals surface area (Å²) in [5.41, 5.74) is 0.364. The first-order valence-electron chi connectivity index (χ1n) is 5.38. The summed E-state index contributed by atoms with van der Waals surface area (Å²) in [4.78, 5) is 23.3. The second-order valence-electron chi connectivity index (χ2n) is 3.64. The number of hydrogen-bond donors (Lipinski definition) is 0. The normalized spacial score (nSPS) is 9.94. The van der Waals surface area contributed by atoms with Gasteiger partial charge in [-0.3, -0.25) is 9.59 Å². The Bertz CT molecular complexity index is 439. The third-order valence-corrected chi connectivity index (χ3v) is 2.37. The summed E-state index contributed by atoms with van der Waals surface area (Å²) in [6, 6.07) is 4.84. The summed E-state index contributed by atoms with van der Waals surface area (Å²) in [6.07, 6.45) is -0.198. The van der Waals surface area contributed by atoms with Gasteiger partial charge in [0.1, 0.15) is 18.1 Å². The molecule has 0 atom stereocenters. The van der Waals surface area contributed by atoms with Crippen molar-refractivity contribution in [2.75, 3.05) is 27.9 Å². The second kappa shape index (κ2) is 6.76. The van der Waals surface area contributed by atoms with E-state index in [1.807, 2.05) is 0 Å². The van der Waals surface area contributed by atoms with E-state index in [9.17, 15) is 9.59 Å². The fourth-order valence-corrected chi connectivity index (χ4v) is 1.52. The molecule has 0 heterocycles. The van der Waals surface area contributed by atoms with Gasteiger partial charge in [0, 0.05) is 13.2 Å². The topological polar surface area (TPSA) is 61.8 Å². The summed E-state index contributed by atoms with van der Waals surface area (Å²) < 4.78 is 14.8. The molecule has 0 fully saturated rings. The van der Waals surface area contributed by atoms with Gasteiger partial charge in [-0.1, -0.05) is 0 Å². The molecule has 98 valence electrons. The number of ether oxygens (including phenoxy) is 3. The van der Waals surface area contributed by atoms with Crippen molar-refractivity contribution in [2.24, 2.45) is 0 Å². The zero-order valence-electron chi connectivity index (χ0n) is 10.7. The van der Waals surface area contributed by atoms with E-state index in [0.29, 0.717) is 17.1 Å². The van der Waals surface area contributed by atoms with Crippen molar-refractivity contribution in [1.29, 1.82) is 0 Å². The predicted octanol–water partition coefficient (Wildman–Crippen LogP) is 1.49. The Labute approximate surface area is 106 Å². The van der Waals surface area contributed by atoms with Crippen LogP contribution in [0.3, 0.4) is 0 Å². The molecular formula is C13H16O5. The Morgan fingerprint density at radius 1 is 1.11 bits per heavy atom. The highest BCUT2D eigenvalue weighted by atomic mass is 16.5. The van der Waals surface area contributed by atoms with Crippen LogP contribution >= 0.6 is 0 Å². The minimum atomic E-state index is -0.295. The average Bonchev–Trinajstić information content (AvgIpc) is 2.38. The van der Waals surface area contributed by atoms with E-state index in [0.717, 1.165) is 0 Å². The highest BCUT2D eigenvalue weighted by Gasteiger charge is 2.16. The number of Topliss-reactive ketones (excluding diaryl/α,β-unsaturated/α-hetero) is 2. The first-order chi connectivity index (χ1) is 8.62. The van der Waals surface area contributed by atoms with Gasteiger partial charge in [0.25, 0.3) is 0 Å². The van der Waals surface area contributed by atoms with Crippen LogP contribution in [0.15, 0.2) is 18.2 Å². The van der Waals surface area contributed by atoms with Crippen LogP contribution in [0.1, 0.15) is 16.8 Å². The summed E-state index contributed by atoms with van der Waals surface area (Å²) in [5.74, 6) is 0.424. The maximum absolute atomic E-state index is 11.9. The monoisotopic (exact) mass is 252 g/mol. The lowest BCUT2D eigenvalue weighted by Crippen LogP contribution is -2.13. The standard InChI is InChI=1S/C13H16O5/c1-16-8-9(14)6-12(15)11-5-4-10(17-2)7-13(11)18-3/h4-5,7H,6,8H2,1-3H3. The maximum atomic E-state index is 11.9. The van der Waals surface area contributed by atoms with Gasteiger partial charge >= 0.3 is 0 Å². The Morgan fingerprint density at radius 3 is 2.39 bits per heavy atom. The fourth-order valence-electron chi connectivity index (χ4n) is 1.52. The quantitative estimate of drug-likeness (QED) is 0.543. The molecule has 0 aliphatic carbocycles. The molecule has 0 saturated heterocycles. The van der Waals surface area contributed by atoms with Crippen LogP contribution in [-0.2, 0) is 9.53 Å². The average molecular weight is 252 g/mol. The van der Waals surface area contributed by atoms with Crippen LogP contribution in [0.5, 0.6) is 11.5 Å². The highest BCUT2D eigenvalue weighted by molar-refractivity contribution is 6.09. The van der Waals surface area contributed by atoms with E-state index in [1.165, 1.54) is 21.3 Å². The molecule has 0 unspecified atom stereocenters. The van der Waals surface area contributed by atoms with Gasteiger partial charge in [-0.05, 0) is 12.1 Å². The number of hydrogen-bond acceptors (Lipinski definition) is 5. The highest BCUT2D eigenvalue weighted by Crippen LogP contribution is 2.25. The van der Waals surface area contributed by atoms with E-state index < -0.39 is 0 Å². The zero-order chi connectivity index (χ0) is 13.5. The van der Waals surface area contributed by atoms with Crippen LogP contribution in [0.4, 0.5) is 0 Å². The molecule has 0 radical (unpaired) electrons. The van der Waals surface area contributed by atoms with Gasteiger partial charge in [-0.2, -0.15) is 0 Å². The zero-order valence-corrected chi connectivity index (χ0v) is 10.7. The lowest BCUT2D eigenvalue weighted by molar-refractivity contribution is -0.121. The minimum Gasteiger partial charge on any atom is -0.497 e. The van der Waals surface area contributed by atoms with Crippen molar-refractivity contribution in [3.63, 3.8) is 0 Å². The molecule has 0 N–H and O–H groups in total. The Kier molecular flexibility index (Phi) is 5.32. The molecular weight excluding hydrogens is 236 g/mol. The second-order valence-corrected chi connectivity index (χ2v) is 3.64. The van der Waals surface area contributed by atoms with Crippen molar-refractivity contribution >= 4 is 11.6 Å². The third kappa shape index (κ3) is 3.56. The van der Waals surface area contributed by atoms with Crippen LogP contribution in [0.25, 0.3) is 0 Å². The van der Waals surface area contributed by atoms with Crippen LogP contribution in [-0.4, -0.2) is 39.5 Å². The van der Waals surface area contributed by atoms with Crippen molar-refractivity contribution in [2.45, 2.75) is 6.42 Å². The summed E-state index contributed by atoms with van der Waals surface area (Å²) >= 11 is 0. The van der Waals surface area contributed by atoms with Gasteiger partial charge in [0.15, 0.2) is 11.6 Å². The molecule has 0 bridgehead atoms. The van der Waals surface area contributed by atoms with E-state index in [4.69, 9.17) is 9.47 Å². The van der Waals surface area contributed by atoms with Crippen molar-refractivity contribution < 1.29 is 23.8 Å². The number of rotatable bonds is 7. The van der Waals surface area contributed by atoms with Gasteiger partial charge in [0.05, 0.1) is 26.2 Å². The van der Waals surface area contributed by atoms with E-state index in [-0.39, 0.29) is 24.6 Å². The van der Waals surface area contributed by atoms with Crippen LogP contribution in [0.2, 0.25) is 0 Å². The smallest absolute Gasteiger partial charge is 0.174 e. The molecule has 0 aliphatic rings. The van der Waals surface area contributed by atoms with Crippen molar-refractivity contribution in [3.05, 3.63) is 23.8 Å². The summed E-state index contributed by atoms with van der Waals surface area (Å²) in [7, 11) is 4.40. The maximum Gasteiger partial charge on any atom is 0.174 e. The lowest BCUT2D eigenvalue weighted by atomic mass is 10.0. The van der Waals surface area contributed by atoms with Crippen molar-refractivity contribution in [1.82, 2.24) is 0 Å². The largest absolute Gasteiger partial charge is 0.497 e. The first-order valence-corrected chi connectivity index (χ1v) is 5.38. The van der Waals surface area contributed by atoms with Gasteiger partial charge < -0.3 is 14.2 Å². The molecule has 0 amide bonds. The molecule has 1 rings (SSSR count). The summed E-state index contributed by atoms with van der Waals surface area (Å²) in [5, 5.41) is 0. The van der Waals surface area contributed by atoms with Gasteiger partial charge in [-0.15, -0.1) is 0 Å². The Balaban J connectivity index is 2.88. The first kappa shape index (κ1) is 14.2. The number of ketones is 2. The lowest BCUT2D eigenvalue weighted by Gasteiger charge is -2.09. The van der Waals surface area contributed by atoms with Crippen LogP contribution in [0, 0.1) is 0 Å². The van der Waals surface area contributed by atoms with Gasteiger partial charge in [-0.25, -0.2) is 0 Å². The number of benzene rings is 1. The SMILES string of the molecule is COCC(=O)CC(=O)c1ccc(OC)cc1OC. The number of methoxy groups -OCH3 is 3.